The van der Waals surface area contributed by atoms with Gasteiger partial charge in [0, 0.05) is 13.6 Å². The molecule has 0 saturated carbocycles. The number of nitrogens with zero attached hydrogens (tertiary/aromatic N) is 2. The van der Waals surface area contributed by atoms with Crippen molar-refractivity contribution in [3.8, 4) is 6.07 Å². The number of hydrogen-bond acceptors (Lipinski definition) is 3. The highest BCUT2D eigenvalue weighted by Gasteiger charge is 2.09. The number of likely N-dealkylation sites (N-methyl/N-ethyl adjacent to an activating group) is 1. The lowest BCUT2D eigenvalue weighted by Gasteiger charge is -2.17. The van der Waals surface area contributed by atoms with Crippen molar-refractivity contribution in [2.45, 2.75) is 13.2 Å². The molecule has 0 unspecified atom stereocenters. The van der Waals surface area contributed by atoms with Crippen LogP contribution in [-0.4, -0.2) is 24.5 Å². The first kappa shape index (κ1) is 15.7. The predicted octanol–water partition coefficient (Wildman–Crippen LogP) is 2.73. The maximum atomic E-state index is 12.0. The minimum absolute atomic E-state index is 0.0572. The van der Waals surface area contributed by atoms with Gasteiger partial charge in [-0.05, 0) is 23.3 Å². The molecule has 2 aromatic rings. The molecule has 0 fully saturated rings. The third kappa shape index (κ3) is 4.72. The number of rotatable bonds is 6. The molecular weight excluding hydrogens is 276 g/mol. The van der Waals surface area contributed by atoms with E-state index in [1.807, 2.05) is 42.5 Å². The summed E-state index contributed by atoms with van der Waals surface area (Å²) in [5.41, 5.74) is 2.65. The summed E-state index contributed by atoms with van der Waals surface area (Å²) in [6.07, 6.45) is 0. The van der Waals surface area contributed by atoms with Gasteiger partial charge in [0.2, 0.25) is 5.91 Å². The highest BCUT2D eigenvalue weighted by Crippen LogP contribution is 2.07. The van der Waals surface area contributed by atoms with Gasteiger partial charge in [0.1, 0.15) is 6.61 Å². The van der Waals surface area contributed by atoms with Crippen LogP contribution in [0.5, 0.6) is 0 Å². The second kappa shape index (κ2) is 7.96. The van der Waals surface area contributed by atoms with E-state index in [4.69, 9.17) is 10.00 Å². The van der Waals surface area contributed by atoms with E-state index in [9.17, 15) is 4.79 Å². The molecular formula is C18H18N2O2. The van der Waals surface area contributed by atoms with Crippen LogP contribution in [0.2, 0.25) is 0 Å². The maximum Gasteiger partial charge on any atom is 0.248 e. The Morgan fingerprint density at radius 1 is 1.09 bits per heavy atom. The maximum absolute atomic E-state index is 12.0. The number of nitriles is 1. The summed E-state index contributed by atoms with van der Waals surface area (Å²) in [5, 5.41) is 8.76. The van der Waals surface area contributed by atoms with E-state index in [2.05, 4.69) is 6.07 Å². The molecule has 2 aromatic carbocycles. The average molecular weight is 294 g/mol. The largest absolute Gasteiger partial charge is 0.367 e. The van der Waals surface area contributed by atoms with Crippen LogP contribution in [0.1, 0.15) is 16.7 Å². The molecule has 0 atom stereocenters. The molecule has 0 bridgehead atoms. The van der Waals surface area contributed by atoms with Gasteiger partial charge in [-0.2, -0.15) is 5.26 Å². The molecule has 0 heterocycles. The van der Waals surface area contributed by atoms with Gasteiger partial charge >= 0.3 is 0 Å². The van der Waals surface area contributed by atoms with Crippen LogP contribution in [-0.2, 0) is 22.7 Å². The zero-order valence-electron chi connectivity index (χ0n) is 12.5. The van der Waals surface area contributed by atoms with Crippen molar-refractivity contribution in [2.75, 3.05) is 13.7 Å². The van der Waals surface area contributed by atoms with E-state index >= 15 is 0 Å². The number of ether oxygens (including phenoxy) is 1. The summed E-state index contributed by atoms with van der Waals surface area (Å²) in [7, 11) is 1.74. The minimum atomic E-state index is -0.0692. The van der Waals surface area contributed by atoms with Crippen LogP contribution in [0.4, 0.5) is 0 Å². The van der Waals surface area contributed by atoms with Gasteiger partial charge in [-0.25, -0.2) is 0 Å². The first-order valence-electron chi connectivity index (χ1n) is 7.03. The van der Waals surface area contributed by atoms with E-state index in [1.54, 1.807) is 24.1 Å². The van der Waals surface area contributed by atoms with Crippen LogP contribution < -0.4 is 0 Å². The number of benzene rings is 2. The van der Waals surface area contributed by atoms with Crippen molar-refractivity contribution >= 4 is 5.91 Å². The molecule has 0 saturated heterocycles. The molecule has 1 amide bonds. The Bertz CT molecular complexity index is 645. The molecule has 0 N–H and O–H groups in total. The SMILES string of the molecule is CN(Cc1ccc(C#N)cc1)C(=O)COCc1ccccc1. The minimum Gasteiger partial charge on any atom is -0.367 e. The van der Waals surface area contributed by atoms with Crippen LogP contribution in [0.15, 0.2) is 54.6 Å². The molecule has 112 valence electrons. The van der Waals surface area contributed by atoms with Crippen LogP contribution in [0.3, 0.4) is 0 Å². The quantitative estimate of drug-likeness (QED) is 0.823. The van der Waals surface area contributed by atoms with Crippen LogP contribution in [0.25, 0.3) is 0 Å². The lowest BCUT2D eigenvalue weighted by molar-refractivity contribution is -0.135. The number of carbonyl (C=O) groups is 1. The number of hydrogen-bond donors (Lipinski definition) is 0. The van der Waals surface area contributed by atoms with E-state index in [0.29, 0.717) is 18.7 Å². The monoisotopic (exact) mass is 294 g/mol. The summed E-state index contributed by atoms with van der Waals surface area (Å²) < 4.78 is 5.44. The standard InChI is InChI=1S/C18H18N2O2/c1-20(12-16-9-7-15(11-19)8-10-16)18(21)14-22-13-17-5-3-2-4-6-17/h2-10H,12-14H2,1H3. The lowest BCUT2D eigenvalue weighted by Crippen LogP contribution is -2.29. The molecule has 0 aliphatic heterocycles. The van der Waals surface area contributed by atoms with Crippen molar-refractivity contribution in [1.29, 1.82) is 5.26 Å². The second-order valence-electron chi connectivity index (χ2n) is 5.04. The Labute approximate surface area is 130 Å². The van der Waals surface area contributed by atoms with Gasteiger partial charge in [-0.15, -0.1) is 0 Å². The van der Waals surface area contributed by atoms with Gasteiger partial charge in [0.25, 0.3) is 0 Å². The van der Waals surface area contributed by atoms with Crippen molar-refractivity contribution in [3.63, 3.8) is 0 Å². The fraction of sp³-hybridized carbons (Fsp3) is 0.222. The number of carbonyl (C=O) groups excluding carboxylic acids is 1. The summed E-state index contributed by atoms with van der Waals surface area (Å²) in [6.45, 7) is 0.984. The molecule has 4 heteroatoms. The van der Waals surface area contributed by atoms with Gasteiger partial charge in [0.15, 0.2) is 0 Å². The normalized spacial score (nSPS) is 10.0. The topological polar surface area (TPSA) is 53.3 Å². The van der Waals surface area contributed by atoms with Crippen molar-refractivity contribution in [1.82, 2.24) is 4.90 Å². The van der Waals surface area contributed by atoms with Gasteiger partial charge in [-0.3, -0.25) is 4.79 Å². The highest BCUT2D eigenvalue weighted by atomic mass is 16.5. The summed E-state index contributed by atoms with van der Waals surface area (Å²) >= 11 is 0. The van der Waals surface area contributed by atoms with Crippen molar-refractivity contribution < 1.29 is 9.53 Å². The highest BCUT2D eigenvalue weighted by molar-refractivity contribution is 5.77. The summed E-state index contributed by atoms with van der Waals surface area (Å²) in [4.78, 5) is 13.6. The fourth-order valence-electron chi connectivity index (χ4n) is 1.99. The lowest BCUT2D eigenvalue weighted by atomic mass is 10.1. The summed E-state index contributed by atoms with van der Waals surface area (Å²) in [6, 6.07) is 19.0. The van der Waals surface area contributed by atoms with Crippen LogP contribution >= 0.6 is 0 Å². The Balaban J connectivity index is 1.78. The third-order valence-corrected chi connectivity index (χ3v) is 3.27. The van der Waals surface area contributed by atoms with Gasteiger partial charge in [0.05, 0.1) is 18.2 Å². The Kier molecular flexibility index (Phi) is 5.70. The second-order valence-corrected chi connectivity index (χ2v) is 5.04. The van der Waals surface area contributed by atoms with Gasteiger partial charge in [-0.1, -0.05) is 42.5 Å². The molecule has 0 spiro atoms. The van der Waals surface area contributed by atoms with E-state index < -0.39 is 0 Å². The van der Waals surface area contributed by atoms with E-state index in [-0.39, 0.29) is 12.5 Å². The molecule has 2 rings (SSSR count). The first-order valence-corrected chi connectivity index (χ1v) is 7.03. The number of amides is 1. The predicted molar refractivity (Wildman–Crippen MR) is 83.7 cm³/mol. The van der Waals surface area contributed by atoms with Crippen molar-refractivity contribution in [2.24, 2.45) is 0 Å². The molecule has 0 aliphatic carbocycles. The molecule has 0 radical (unpaired) electrons. The van der Waals surface area contributed by atoms with Crippen molar-refractivity contribution in [3.05, 3.63) is 71.3 Å². The van der Waals surface area contributed by atoms with Crippen LogP contribution in [0, 0.1) is 11.3 Å². The first-order chi connectivity index (χ1) is 10.7. The Morgan fingerprint density at radius 3 is 2.41 bits per heavy atom. The Hall–Kier alpha value is -2.64. The molecule has 22 heavy (non-hydrogen) atoms. The molecule has 4 nitrogen and oxygen atoms in total. The van der Waals surface area contributed by atoms with E-state index in [1.165, 1.54) is 0 Å². The zero-order valence-corrected chi connectivity index (χ0v) is 12.5. The van der Waals surface area contributed by atoms with Gasteiger partial charge < -0.3 is 9.64 Å². The third-order valence-electron chi connectivity index (χ3n) is 3.27. The summed E-state index contributed by atoms with van der Waals surface area (Å²) in [5.74, 6) is -0.0692. The zero-order chi connectivity index (χ0) is 15.8. The Morgan fingerprint density at radius 2 is 1.77 bits per heavy atom. The van der Waals surface area contributed by atoms with E-state index in [0.717, 1.165) is 11.1 Å². The average Bonchev–Trinajstić information content (AvgIpc) is 2.56. The molecule has 0 aliphatic rings. The fourth-order valence-corrected chi connectivity index (χ4v) is 1.99. The molecule has 0 aromatic heterocycles. The smallest absolute Gasteiger partial charge is 0.248 e.